The van der Waals surface area contributed by atoms with Crippen LogP contribution in [0.3, 0.4) is 0 Å². The van der Waals surface area contributed by atoms with Crippen LogP contribution in [0.25, 0.3) is 0 Å². The molecule has 2 heterocycles. The summed E-state index contributed by atoms with van der Waals surface area (Å²) in [6.45, 7) is 6.45. The van der Waals surface area contributed by atoms with Crippen molar-refractivity contribution in [2.75, 3.05) is 6.61 Å². The Morgan fingerprint density at radius 3 is 2.52 bits per heavy atom. The number of hydrogen-bond acceptors (Lipinski definition) is 6. The van der Waals surface area contributed by atoms with Crippen LogP contribution in [0.4, 0.5) is 4.39 Å². The lowest BCUT2D eigenvalue weighted by Gasteiger charge is -2.25. The first-order chi connectivity index (χ1) is 13.7. The molecular weight excluding hydrogens is 399 g/mol. The van der Waals surface area contributed by atoms with Gasteiger partial charge in [0, 0.05) is 0 Å². The van der Waals surface area contributed by atoms with Crippen LogP contribution in [-0.4, -0.2) is 53.0 Å². The van der Waals surface area contributed by atoms with Gasteiger partial charge < -0.3 is 19.4 Å². The maximum Gasteiger partial charge on any atom is 0.330 e. The zero-order valence-electron chi connectivity index (χ0n) is 17.4. The van der Waals surface area contributed by atoms with E-state index in [4.69, 9.17) is 9.16 Å². The molecule has 0 amide bonds. The fraction of sp³-hybridized carbons (Fsp3) is 0.789. The van der Waals surface area contributed by atoms with Gasteiger partial charge in [-0.25, -0.2) is 4.79 Å². The molecule has 2 unspecified atom stereocenters. The van der Waals surface area contributed by atoms with E-state index < -0.39 is 49.9 Å². The van der Waals surface area contributed by atoms with E-state index >= 15 is 0 Å². The Kier molecular flexibility index (Phi) is 8.77. The SMILES string of the molecule is CCCCCCCC[Si](C)(C)OC[C@@H]1O[C@H](n2cc(F)c(=O)[nH]c2=O)C(O)C1O. The monoisotopic (exact) mass is 432 g/mol. The van der Waals surface area contributed by atoms with E-state index in [0.29, 0.717) is 6.20 Å². The lowest BCUT2D eigenvalue weighted by molar-refractivity contribution is -0.0531. The van der Waals surface area contributed by atoms with Gasteiger partial charge >= 0.3 is 5.69 Å². The van der Waals surface area contributed by atoms with Crippen molar-refractivity contribution in [3.05, 3.63) is 32.9 Å². The molecule has 1 saturated heterocycles. The van der Waals surface area contributed by atoms with Crippen molar-refractivity contribution in [1.82, 2.24) is 9.55 Å². The Hall–Kier alpha value is -1.33. The number of rotatable bonds is 11. The summed E-state index contributed by atoms with van der Waals surface area (Å²) in [6, 6.07) is 0.985. The average Bonchev–Trinajstić information content (AvgIpc) is 2.94. The third kappa shape index (κ3) is 6.58. The lowest BCUT2D eigenvalue weighted by Crippen LogP contribution is -2.39. The maximum atomic E-state index is 13.5. The van der Waals surface area contributed by atoms with Gasteiger partial charge in [-0.3, -0.25) is 14.3 Å². The maximum absolute atomic E-state index is 13.5. The molecule has 0 aromatic carbocycles. The summed E-state index contributed by atoms with van der Waals surface area (Å²) in [5.74, 6) is -1.18. The normalized spacial score (nSPS) is 24.9. The molecule has 0 bridgehead atoms. The van der Waals surface area contributed by atoms with Crippen molar-refractivity contribution in [2.45, 2.75) is 89.1 Å². The number of hydrogen-bond donors (Lipinski definition) is 3. The van der Waals surface area contributed by atoms with Crippen molar-refractivity contribution < 1.29 is 23.8 Å². The number of unbranched alkanes of at least 4 members (excludes halogenated alkanes) is 5. The number of aromatic nitrogens is 2. The zero-order valence-corrected chi connectivity index (χ0v) is 18.4. The summed E-state index contributed by atoms with van der Waals surface area (Å²) in [7, 11) is -1.97. The number of aliphatic hydroxyl groups is 2. The second kappa shape index (κ2) is 10.6. The Bertz CT molecular complexity index is 768. The quantitative estimate of drug-likeness (QED) is 0.363. The number of nitrogens with one attached hydrogen (secondary N) is 1. The molecule has 10 heteroatoms. The number of aliphatic hydroxyl groups excluding tert-OH is 2. The van der Waals surface area contributed by atoms with Gasteiger partial charge in [0.25, 0.3) is 5.56 Å². The lowest BCUT2D eigenvalue weighted by atomic mass is 10.1. The van der Waals surface area contributed by atoms with E-state index in [2.05, 4.69) is 20.0 Å². The highest BCUT2D eigenvalue weighted by Crippen LogP contribution is 2.29. The Morgan fingerprint density at radius 2 is 1.83 bits per heavy atom. The standard InChI is InChI=1S/C19H33FN2O6Si/c1-4-5-6-7-8-9-10-29(2,3)27-12-14-15(23)16(24)18(28-14)22-11-13(20)17(25)21-19(22)26/h11,14-16,18,23-24H,4-10,12H2,1-3H3,(H,21,25,26)/t14-,15?,16?,18-/m0/s1. The van der Waals surface area contributed by atoms with Crippen molar-refractivity contribution in [3.8, 4) is 0 Å². The number of H-pyrrole nitrogens is 1. The zero-order chi connectivity index (χ0) is 21.6. The molecular formula is C19H33FN2O6Si. The molecule has 166 valence electrons. The fourth-order valence-corrected chi connectivity index (χ4v) is 5.32. The van der Waals surface area contributed by atoms with E-state index in [-0.39, 0.29) is 6.61 Å². The highest BCUT2D eigenvalue weighted by molar-refractivity contribution is 6.71. The van der Waals surface area contributed by atoms with Gasteiger partial charge in [-0.1, -0.05) is 45.4 Å². The van der Waals surface area contributed by atoms with E-state index in [0.717, 1.165) is 17.0 Å². The van der Waals surface area contributed by atoms with Crippen molar-refractivity contribution >= 4 is 8.32 Å². The number of halogens is 1. The van der Waals surface area contributed by atoms with Gasteiger partial charge in [-0.2, -0.15) is 4.39 Å². The molecule has 4 atom stereocenters. The summed E-state index contributed by atoms with van der Waals surface area (Å²) in [6.07, 6.45) is 3.00. The predicted molar refractivity (Wildman–Crippen MR) is 109 cm³/mol. The molecule has 1 aliphatic heterocycles. The second-order valence-corrected chi connectivity index (χ2v) is 12.6. The van der Waals surface area contributed by atoms with Crippen LogP contribution in [0.15, 0.2) is 15.8 Å². The smallest absolute Gasteiger partial charge is 0.330 e. The first kappa shape index (κ1) is 23.9. The molecule has 0 saturated carbocycles. The van der Waals surface area contributed by atoms with E-state index in [1.54, 1.807) is 0 Å². The van der Waals surface area contributed by atoms with Crippen LogP contribution < -0.4 is 11.2 Å². The summed E-state index contributed by atoms with van der Waals surface area (Å²) in [4.78, 5) is 24.9. The Balaban J connectivity index is 1.89. The minimum atomic E-state index is -1.97. The molecule has 8 nitrogen and oxygen atoms in total. The van der Waals surface area contributed by atoms with Gasteiger partial charge in [0.2, 0.25) is 5.82 Å². The van der Waals surface area contributed by atoms with Crippen LogP contribution in [0.2, 0.25) is 19.1 Å². The van der Waals surface area contributed by atoms with Crippen molar-refractivity contribution in [3.63, 3.8) is 0 Å². The molecule has 1 aromatic heterocycles. The number of nitrogens with zero attached hydrogens (tertiary/aromatic N) is 1. The first-order valence-corrected chi connectivity index (χ1v) is 13.4. The number of ether oxygens (including phenoxy) is 1. The van der Waals surface area contributed by atoms with Crippen molar-refractivity contribution in [2.24, 2.45) is 0 Å². The summed E-state index contributed by atoms with van der Waals surface area (Å²) < 4.78 is 25.9. The molecule has 1 aliphatic rings. The van der Waals surface area contributed by atoms with Crippen LogP contribution in [-0.2, 0) is 9.16 Å². The summed E-state index contributed by atoms with van der Waals surface area (Å²) in [5, 5.41) is 20.5. The fourth-order valence-electron chi connectivity index (χ4n) is 3.46. The second-order valence-electron chi connectivity index (χ2n) is 8.28. The molecule has 2 rings (SSSR count). The van der Waals surface area contributed by atoms with Crippen LogP contribution in [0.1, 0.15) is 51.7 Å². The largest absolute Gasteiger partial charge is 0.415 e. The first-order valence-electron chi connectivity index (χ1n) is 10.3. The van der Waals surface area contributed by atoms with Crippen LogP contribution in [0.5, 0.6) is 0 Å². The van der Waals surface area contributed by atoms with Gasteiger partial charge in [-0.15, -0.1) is 0 Å². The molecule has 1 fully saturated rings. The third-order valence-electron chi connectivity index (χ3n) is 5.31. The average molecular weight is 433 g/mol. The van der Waals surface area contributed by atoms with E-state index in [1.165, 1.54) is 32.1 Å². The minimum absolute atomic E-state index is 0.0738. The Morgan fingerprint density at radius 1 is 1.17 bits per heavy atom. The molecule has 3 N–H and O–H groups in total. The molecule has 0 spiro atoms. The van der Waals surface area contributed by atoms with Gasteiger partial charge in [0.05, 0.1) is 12.8 Å². The molecule has 1 aromatic rings. The Labute approximate surface area is 170 Å². The summed E-state index contributed by atoms with van der Waals surface area (Å²) in [5.41, 5.74) is -2.08. The molecule has 0 aliphatic carbocycles. The topological polar surface area (TPSA) is 114 Å². The van der Waals surface area contributed by atoms with Gasteiger partial charge in [-0.05, 0) is 19.1 Å². The minimum Gasteiger partial charge on any atom is -0.415 e. The van der Waals surface area contributed by atoms with E-state index in [1.807, 2.05) is 4.98 Å². The van der Waals surface area contributed by atoms with Crippen LogP contribution in [0, 0.1) is 5.82 Å². The van der Waals surface area contributed by atoms with Crippen LogP contribution >= 0.6 is 0 Å². The predicted octanol–water partition coefficient (Wildman–Crippen LogP) is 1.88. The van der Waals surface area contributed by atoms with E-state index in [9.17, 15) is 24.2 Å². The highest BCUT2D eigenvalue weighted by Gasteiger charge is 2.45. The van der Waals surface area contributed by atoms with Gasteiger partial charge in [0.1, 0.15) is 18.3 Å². The van der Waals surface area contributed by atoms with Gasteiger partial charge in [0.15, 0.2) is 14.5 Å². The van der Waals surface area contributed by atoms with Crippen molar-refractivity contribution in [1.29, 1.82) is 0 Å². The third-order valence-corrected chi connectivity index (χ3v) is 7.81. The number of aromatic amines is 1. The molecule has 29 heavy (non-hydrogen) atoms. The highest BCUT2D eigenvalue weighted by atomic mass is 28.4. The summed E-state index contributed by atoms with van der Waals surface area (Å²) >= 11 is 0. The molecule has 0 radical (unpaired) electrons.